The summed E-state index contributed by atoms with van der Waals surface area (Å²) in [5, 5.41) is 7.27. The van der Waals surface area contributed by atoms with E-state index in [0.29, 0.717) is 11.4 Å². The standard InChI is InChI=1S/C21H23N5O2/c27-21(25-18-5-1-3-16-4-2-7-24-20(16)18)19-15-17(6-8-23-19)22-9-10-26-11-13-28-14-12-26/h1-8,15H,9-14H2,(H,22,23)(H,25,27). The van der Waals surface area contributed by atoms with Gasteiger partial charge in [0.25, 0.3) is 5.91 Å². The summed E-state index contributed by atoms with van der Waals surface area (Å²) in [6.45, 7) is 5.26. The van der Waals surface area contributed by atoms with Crippen molar-refractivity contribution in [3.63, 3.8) is 0 Å². The molecule has 3 aromatic rings. The van der Waals surface area contributed by atoms with E-state index in [2.05, 4.69) is 25.5 Å². The highest BCUT2D eigenvalue weighted by atomic mass is 16.5. The maximum Gasteiger partial charge on any atom is 0.274 e. The third-order valence-corrected chi connectivity index (χ3v) is 4.73. The fourth-order valence-electron chi connectivity index (χ4n) is 3.24. The molecule has 1 aliphatic heterocycles. The van der Waals surface area contributed by atoms with E-state index >= 15 is 0 Å². The lowest BCUT2D eigenvalue weighted by atomic mass is 10.2. The van der Waals surface area contributed by atoms with E-state index in [1.54, 1.807) is 18.5 Å². The minimum absolute atomic E-state index is 0.255. The van der Waals surface area contributed by atoms with Gasteiger partial charge >= 0.3 is 0 Å². The summed E-state index contributed by atoms with van der Waals surface area (Å²) in [7, 11) is 0. The molecule has 144 valence electrons. The molecule has 28 heavy (non-hydrogen) atoms. The minimum atomic E-state index is -0.255. The van der Waals surface area contributed by atoms with Crippen LogP contribution in [0.5, 0.6) is 0 Å². The molecule has 0 unspecified atom stereocenters. The van der Waals surface area contributed by atoms with E-state index in [4.69, 9.17) is 4.74 Å². The number of fused-ring (bicyclic) bond motifs is 1. The molecule has 0 atom stereocenters. The number of amides is 1. The van der Waals surface area contributed by atoms with Crippen molar-refractivity contribution in [3.05, 3.63) is 60.6 Å². The van der Waals surface area contributed by atoms with Crippen LogP contribution in [0.4, 0.5) is 11.4 Å². The van der Waals surface area contributed by atoms with Crippen LogP contribution in [0.3, 0.4) is 0 Å². The van der Waals surface area contributed by atoms with Gasteiger partial charge in [0.2, 0.25) is 0 Å². The first-order valence-corrected chi connectivity index (χ1v) is 9.45. The fourth-order valence-corrected chi connectivity index (χ4v) is 3.24. The van der Waals surface area contributed by atoms with Gasteiger partial charge in [-0.25, -0.2) is 0 Å². The predicted molar refractivity (Wildman–Crippen MR) is 110 cm³/mol. The van der Waals surface area contributed by atoms with Gasteiger partial charge in [0.05, 0.1) is 24.4 Å². The fraction of sp³-hybridized carbons (Fsp3) is 0.286. The molecule has 2 aromatic heterocycles. The molecule has 0 radical (unpaired) electrons. The monoisotopic (exact) mass is 377 g/mol. The Morgan fingerprint density at radius 2 is 1.93 bits per heavy atom. The summed E-state index contributed by atoms with van der Waals surface area (Å²) in [5.74, 6) is -0.255. The number of morpholine rings is 1. The van der Waals surface area contributed by atoms with Crippen molar-refractivity contribution in [2.45, 2.75) is 0 Å². The highest BCUT2D eigenvalue weighted by molar-refractivity contribution is 6.07. The molecule has 1 amide bonds. The Kier molecular flexibility index (Phi) is 5.75. The zero-order chi connectivity index (χ0) is 19.2. The molecule has 1 fully saturated rings. The molecular weight excluding hydrogens is 354 g/mol. The average molecular weight is 377 g/mol. The van der Waals surface area contributed by atoms with Crippen molar-refractivity contribution >= 4 is 28.2 Å². The van der Waals surface area contributed by atoms with Crippen LogP contribution < -0.4 is 10.6 Å². The number of carbonyl (C=O) groups excluding carboxylic acids is 1. The Morgan fingerprint density at radius 3 is 2.82 bits per heavy atom. The molecule has 4 rings (SSSR count). The summed E-state index contributed by atoms with van der Waals surface area (Å²) in [5.41, 5.74) is 2.68. The van der Waals surface area contributed by atoms with E-state index < -0.39 is 0 Å². The Labute approximate surface area is 163 Å². The zero-order valence-electron chi connectivity index (χ0n) is 15.6. The lowest BCUT2D eigenvalue weighted by molar-refractivity contribution is 0.0398. The summed E-state index contributed by atoms with van der Waals surface area (Å²) in [4.78, 5) is 23.6. The number of benzene rings is 1. The molecule has 2 N–H and O–H groups in total. The molecule has 3 heterocycles. The Balaban J connectivity index is 1.39. The first kappa shape index (κ1) is 18.3. The molecule has 7 heteroatoms. The Morgan fingerprint density at radius 1 is 1.07 bits per heavy atom. The van der Waals surface area contributed by atoms with Crippen molar-refractivity contribution in [1.82, 2.24) is 14.9 Å². The second-order valence-corrected chi connectivity index (χ2v) is 6.65. The van der Waals surface area contributed by atoms with Crippen molar-refractivity contribution in [2.75, 3.05) is 50.0 Å². The van der Waals surface area contributed by atoms with Gasteiger partial charge in [0.15, 0.2) is 0 Å². The minimum Gasteiger partial charge on any atom is -0.384 e. The van der Waals surface area contributed by atoms with Crippen molar-refractivity contribution in [2.24, 2.45) is 0 Å². The number of para-hydroxylation sites is 1. The van der Waals surface area contributed by atoms with Gasteiger partial charge in [-0.05, 0) is 24.3 Å². The lowest BCUT2D eigenvalue weighted by Crippen LogP contribution is -2.39. The second kappa shape index (κ2) is 8.77. The third-order valence-electron chi connectivity index (χ3n) is 4.73. The van der Waals surface area contributed by atoms with Crippen molar-refractivity contribution in [1.29, 1.82) is 0 Å². The zero-order valence-corrected chi connectivity index (χ0v) is 15.6. The molecule has 7 nitrogen and oxygen atoms in total. The molecule has 0 saturated carbocycles. The summed E-state index contributed by atoms with van der Waals surface area (Å²) < 4.78 is 5.36. The number of nitrogens with one attached hydrogen (secondary N) is 2. The van der Waals surface area contributed by atoms with Crippen LogP contribution in [0.1, 0.15) is 10.5 Å². The maximum atomic E-state index is 12.7. The number of hydrogen-bond acceptors (Lipinski definition) is 6. The predicted octanol–water partition coefficient (Wildman–Crippen LogP) is 2.63. The van der Waals surface area contributed by atoms with Crippen molar-refractivity contribution < 1.29 is 9.53 Å². The summed E-state index contributed by atoms with van der Waals surface area (Å²) in [6.07, 6.45) is 3.36. The molecule has 0 aliphatic carbocycles. The smallest absolute Gasteiger partial charge is 0.274 e. The van der Waals surface area contributed by atoms with Crippen LogP contribution in [0.25, 0.3) is 10.9 Å². The molecule has 1 aromatic carbocycles. The molecule has 1 aliphatic rings. The van der Waals surface area contributed by atoms with Gasteiger partial charge in [-0.2, -0.15) is 0 Å². The van der Waals surface area contributed by atoms with Gasteiger partial charge in [-0.3, -0.25) is 19.7 Å². The van der Waals surface area contributed by atoms with E-state index in [1.807, 2.05) is 36.4 Å². The number of anilines is 2. The molecule has 0 spiro atoms. The van der Waals surface area contributed by atoms with Crippen molar-refractivity contribution in [3.8, 4) is 0 Å². The molecular formula is C21H23N5O2. The third kappa shape index (κ3) is 4.44. The van der Waals surface area contributed by atoms with Crippen LogP contribution in [0, 0.1) is 0 Å². The second-order valence-electron chi connectivity index (χ2n) is 6.65. The number of hydrogen-bond donors (Lipinski definition) is 2. The number of pyridine rings is 2. The number of carbonyl (C=O) groups is 1. The first-order chi connectivity index (χ1) is 13.8. The normalized spacial score (nSPS) is 14.7. The number of ether oxygens (including phenoxy) is 1. The number of aromatic nitrogens is 2. The highest BCUT2D eigenvalue weighted by Gasteiger charge is 2.12. The van der Waals surface area contributed by atoms with E-state index in [-0.39, 0.29) is 5.91 Å². The largest absolute Gasteiger partial charge is 0.384 e. The van der Waals surface area contributed by atoms with Crippen LogP contribution in [-0.2, 0) is 4.74 Å². The van der Waals surface area contributed by atoms with Gasteiger partial charge in [-0.1, -0.05) is 18.2 Å². The van der Waals surface area contributed by atoms with E-state index in [0.717, 1.165) is 56.0 Å². The van der Waals surface area contributed by atoms with Crippen LogP contribution in [0.15, 0.2) is 54.9 Å². The molecule has 0 bridgehead atoms. The van der Waals surface area contributed by atoms with Gasteiger partial charge in [0.1, 0.15) is 5.69 Å². The average Bonchev–Trinajstić information content (AvgIpc) is 2.75. The highest BCUT2D eigenvalue weighted by Crippen LogP contribution is 2.21. The Bertz CT molecular complexity index is 951. The quantitative estimate of drug-likeness (QED) is 0.688. The maximum absolute atomic E-state index is 12.7. The summed E-state index contributed by atoms with van der Waals surface area (Å²) >= 11 is 0. The number of rotatable bonds is 6. The van der Waals surface area contributed by atoms with Crippen LogP contribution >= 0.6 is 0 Å². The summed E-state index contributed by atoms with van der Waals surface area (Å²) in [6, 6.07) is 13.2. The van der Waals surface area contributed by atoms with Crippen LogP contribution in [-0.4, -0.2) is 60.2 Å². The van der Waals surface area contributed by atoms with Gasteiger partial charge in [-0.15, -0.1) is 0 Å². The van der Waals surface area contributed by atoms with E-state index in [9.17, 15) is 4.79 Å². The lowest BCUT2D eigenvalue weighted by Gasteiger charge is -2.26. The van der Waals surface area contributed by atoms with E-state index in [1.165, 1.54) is 0 Å². The van der Waals surface area contributed by atoms with Crippen LogP contribution in [0.2, 0.25) is 0 Å². The Hall–Kier alpha value is -3.03. The first-order valence-electron chi connectivity index (χ1n) is 9.45. The van der Waals surface area contributed by atoms with Gasteiger partial charge < -0.3 is 15.4 Å². The molecule has 1 saturated heterocycles. The number of nitrogens with zero attached hydrogens (tertiary/aromatic N) is 3. The van der Waals surface area contributed by atoms with Gasteiger partial charge in [0, 0.05) is 49.6 Å². The topological polar surface area (TPSA) is 79.4 Å². The SMILES string of the molecule is O=C(Nc1cccc2cccnc12)c1cc(NCCN2CCOCC2)ccn1.